The Balaban J connectivity index is 1.23. The van der Waals surface area contributed by atoms with E-state index in [1.165, 1.54) is 77.9 Å². The van der Waals surface area contributed by atoms with Crippen LogP contribution in [0.5, 0.6) is 0 Å². The summed E-state index contributed by atoms with van der Waals surface area (Å²) in [4.78, 5) is 5.11. The van der Waals surface area contributed by atoms with Crippen molar-refractivity contribution in [3.63, 3.8) is 0 Å². The highest BCUT2D eigenvalue weighted by molar-refractivity contribution is 6.95. The number of rotatable bonds is 4. The first-order valence-corrected chi connectivity index (χ1v) is 21.1. The Morgan fingerprint density at radius 3 is 1.90 bits per heavy atom. The van der Waals surface area contributed by atoms with E-state index >= 15 is 0 Å². The summed E-state index contributed by atoms with van der Waals surface area (Å²) in [5.74, 6) is 0.868. The van der Waals surface area contributed by atoms with E-state index in [9.17, 15) is 0 Å². The molecule has 0 aliphatic carbocycles. The molecule has 0 unspecified atom stereocenters. The molecule has 3 aliphatic heterocycles. The number of fused-ring (bicyclic) bond motifs is 8. The molecule has 286 valence electrons. The molecule has 3 aliphatic rings. The topological polar surface area (TPSA) is 19.6 Å². The summed E-state index contributed by atoms with van der Waals surface area (Å²) in [7, 11) is 0. The average molecular weight is 771 g/mol. The Bertz CT molecular complexity index is 3120. The molecule has 12 rings (SSSR count). The Morgan fingerprint density at radius 2 is 1.17 bits per heavy atom. The highest BCUT2D eigenvalue weighted by Gasteiger charge is 2.54. The van der Waals surface area contributed by atoms with Gasteiger partial charge in [0.25, 0.3) is 0 Å². The summed E-state index contributed by atoms with van der Waals surface area (Å²) in [6, 6.07) is 69.8. The summed E-state index contributed by atoms with van der Waals surface area (Å²) in [5.41, 5.74) is 19.9. The molecule has 0 saturated carbocycles. The van der Waals surface area contributed by atoms with E-state index in [0.29, 0.717) is 0 Å². The van der Waals surface area contributed by atoms with Crippen LogP contribution in [0, 0.1) is 6.92 Å². The molecule has 4 heteroatoms. The van der Waals surface area contributed by atoms with Gasteiger partial charge in [0.2, 0.25) is 5.88 Å². The fourth-order valence-corrected chi connectivity index (χ4v) is 10.8. The van der Waals surface area contributed by atoms with Gasteiger partial charge in [-0.15, -0.1) is 0 Å². The molecule has 4 heterocycles. The number of hydrogen-bond donors (Lipinski definition) is 0. The third-order valence-electron chi connectivity index (χ3n) is 13.3. The highest BCUT2D eigenvalue weighted by atomic mass is 16.4. The molecule has 0 atom stereocenters. The summed E-state index contributed by atoms with van der Waals surface area (Å²) in [5, 5.41) is 1.13. The molecule has 9 aromatic rings. The second kappa shape index (κ2) is 12.7. The summed E-state index contributed by atoms with van der Waals surface area (Å²) >= 11 is 0. The van der Waals surface area contributed by atoms with Crippen LogP contribution in [0.4, 0.5) is 28.6 Å². The van der Waals surface area contributed by atoms with E-state index in [2.05, 4.69) is 225 Å². The van der Waals surface area contributed by atoms with Crippen LogP contribution in [0.25, 0.3) is 33.2 Å². The van der Waals surface area contributed by atoms with Crippen LogP contribution < -0.4 is 20.6 Å². The largest absolute Gasteiger partial charge is 0.440 e. The summed E-state index contributed by atoms with van der Waals surface area (Å²) < 4.78 is 7.23. The lowest BCUT2D eigenvalue weighted by Gasteiger charge is -2.52. The molecule has 1 aromatic heterocycles. The van der Waals surface area contributed by atoms with Crippen molar-refractivity contribution in [1.82, 2.24) is 0 Å². The van der Waals surface area contributed by atoms with E-state index < -0.39 is 5.41 Å². The molecule has 8 aromatic carbocycles. The molecular weight excluding hydrogens is 727 g/mol. The van der Waals surface area contributed by atoms with Gasteiger partial charge in [-0.1, -0.05) is 178 Å². The van der Waals surface area contributed by atoms with E-state index in [-0.39, 0.29) is 12.3 Å². The number of para-hydroxylation sites is 3. The third kappa shape index (κ3) is 4.73. The van der Waals surface area contributed by atoms with Gasteiger partial charge in [0, 0.05) is 39.0 Å². The zero-order chi connectivity index (χ0) is 40.3. The summed E-state index contributed by atoms with van der Waals surface area (Å²) in [6.45, 7) is 8.96. The normalized spacial score (nSPS) is 14.4. The lowest BCUT2D eigenvalue weighted by molar-refractivity contribution is 0.590. The van der Waals surface area contributed by atoms with Crippen molar-refractivity contribution in [2.24, 2.45) is 0 Å². The maximum atomic E-state index is 7.23. The van der Waals surface area contributed by atoms with Gasteiger partial charge in [-0.3, -0.25) is 4.90 Å². The SMILES string of the molecule is Cc1cc2c3c(c1)N(c1ccc(C(C)(C)C)cc1-c1ccccc1)c1oc4ccccc4c1B3N1c3ccccc3C(c3ccccc3)(c3ccccc3)c3cccc-2c31. The lowest BCUT2D eigenvalue weighted by Crippen LogP contribution is -2.63. The predicted molar refractivity (Wildman–Crippen MR) is 251 cm³/mol. The van der Waals surface area contributed by atoms with Crippen LogP contribution in [0.2, 0.25) is 0 Å². The number of hydrogen-bond acceptors (Lipinski definition) is 3. The van der Waals surface area contributed by atoms with Gasteiger partial charge in [0.15, 0.2) is 0 Å². The average Bonchev–Trinajstić information content (AvgIpc) is 3.67. The Kier molecular flexibility index (Phi) is 7.42. The third-order valence-corrected chi connectivity index (χ3v) is 13.3. The van der Waals surface area contributed by atoms with E-state index in [4.69, 9.17) is 4.42 Å². The Labute approximate surface area is 352 Å². The van der Waals surface area contributed by atoms with Gasteiger partial charge in [-0.05, 0) is 92.6 Å². The van der Waals surface area contributed by atoms with Crippen LogP contribution in [-0.4, -0.2) is 6.85 Å². The smallest absolute Gasteiger partial charge is 0.337 e. The van der Waals surface area contributed by atoms with Crippen molar-refractivity contribution in [2.75, 3.05) is 9.71 Å². The van der Waals surface area contributed by atoms with Gasteiger partial charge in [-0.2, -0.15) is 0 Å². The first kappa shape index (κ1) is 35.0. The van der Waals surface area contributed by atoms with Crippen LogP contribution in [-0.2, 0) is 10.8 Å². The number of nitrogens with zero attached hydrogens (tertiary/aromatic N) is 2. The molecule has 0 fully saturated rings. The first-order chi connectivity index (χ1) is 29.3. The van der Waals surface area contributed by atoms with Crippen LogP contribution >= 0.6 is 0 Å². The van der Waals surface area contributed by atoms with Gasteiger partial charge in [-0.25, -0.2) is 0 Å². The molecule has 0 amide bonds. The molecule has 0 saturated heterocycles. The van der Waals surface area contributed by atoms with E-state index in [1.807, 2.05) is 0 Å². The van der Waals surface area contributed by atoms with Crippen molar-refractivity contribution < 1.29 is 4.42 Å². The molecule has 60 heavy (non-hydrogen) atoms. The minimum atomic E-state index is -0.563. The predicted octanol–water partition coefficient (Wildman–Crippen LogP) is 13.1. The first-order valence-electron chi connectivity index (χ1n) is 21.1. The van der Waals surface area contributed by atoms with Crippen LogP contribution in [0.3, 0.4) is 0 Å². The molecule has 0 N–H and O–H groups in total. The van der Waals surface area contributed by atoms with Crippen molar-refractivity contribution in [1.29, 1.82) is 0 Å². The second-order valence-corrected chi connectivity index (χ2v) is 17.7. The van der Waals surface area contributed by atoms with Crippen molar-refractivity contribution in [3.8, 4) is 22.3 Å². The standard InChI is InChI=1S/C56H43BN2O/c1-36-33-44-41-26-18-28-46-53(41)59(48-29-16-15-27-45(48)56(46,38-21-10-6-11-22-38)39-23-12-7-13-24-39)57-51(44)49(34-36)58(54-52(57)42-25-14-17-30-50(42)60-54)47-32-31-40(55(2,3)4)35-43(47)37-19-8-5-9-20-37/h5-35H,1-4H3. The number of aryl methyl sites for hydroxylation is 1. The summed E-state index contributed by atoms with van der Waals surface area (Å²) in [6.07, 6.45) is 0. The molecule has 0 bridgehead atoms. The quantitative estimate of drug-likeness (QED) is 0.166. The van der Waals surface area contributed by atoms with Crippen molar-refractivity contribution >= 4 is 57.4 Å². The van der Waals surface area contributed by atoms with Gasteiger partial charge in [0.05, 0.1) is 11.1 Å². The van der Waals surface area contributed by atoms with Gasteiger partial charge < -0.3 is 9.23 Å². The zero-order valence-corrected chi connectivity index (χ0v) is 34.3. The Hall–Kier alpha value is -7.04. The monoisotopic (exact) mass is 770 g/mol. The minimum absolute atomic E-state index is 0.0279. The number of benzene rings is 8. The fourth-order valence-electron chi connectivity index (χ4n) is 10.8. The fraction of sp³-hybridized carbons (Fsp3) is 0.107. The van der Waals surface area contributed by atoms with Crippen LogP contribution in [0.15, 0.2) is 192 Å². The molecule has 0 radical (unpaired) electrons. The lowest BCUT2D eigenvalue weighted by atomic mass is 9.42. The number of anilines is 5. The van der Waals surface area contributed by atoms with E-state index in [1.54, 1.807) is 0 Å². The zero-order valence-electron chi connectivity index (χ0n) is 34.3. The van der Waals surface area contributed by atoms with Crippen LogP contribution in [0.1, 0.15) is 54.2 Å². The number of furan rings is 1. The van der Waals surface area contributed by atoms with E-state index in [0.717, 1.165) is 28.2 Å². The Morgan fingerprint density at radius 1 is 0.517 bits per heavy atom. The minimum Gasteiger partial charge on any atom is -0.440 e. The van der Waals surface area contributed by atoms with Gasteiger partial charge in [0.1, 0.15) is 5.58 Å². The maximum absolute atomic E-state index is 7.23. The van der Waals surface area contributed by atoms with Gasteiger partial charge >= 0.3 is 6.85 Å². The maximum Gasteiger partial charge on any atom is 0.337 e. The van der Waals surface area contributed by atoms with Crippen molar-refractivity contribution in [3.05, 3.63) is 221 Å². The van der Waals surface area contributed by atoms with Crippen molar-refractivity contribution in [2.45, 2.75) is 38.5 Å². The second-order valence-electron chi connectivity index (χ2n) is 17.7. The molecular formula is C56H43BN2O. The molecule has 3 nitrogen and oxygen atoms in total. The highest BCUT2D eigenvalue weighted by Crippen LogP contribution is 2.60. The molecule has 0 spiro atoms.